The highest BCUT2D eigenvalue weighted by molar-refractivity contribution is 7.86. The minimum Gasteiger partial charge on any atom is -0.462 e. The Morgan fingerprint density at radius 3 is 1.28 bits per heavy atom. The van der Waals surface area contributed by atoms with Gasteiger partial charge in [-0.15, -0.1) is 0 Å². The average Bonchev–Trinajstić information content (AvgIpc) is 3.10. The Balaban J connectivity index is 2.28. The van der Waals surface area contributed by atoms with Crippen LogP contribution in [0.1, 0.15) is 202 Å². The van der Waals surface area contributed by atoms with E-state index in [9.17, 15) is 22.6 Å². The number of carbonyl (C=O) groups excluding carboxylic acids is 2. The van der Waals surface area contributed by atoms with Crippen LogP contribution in [0.4, 0.5) is 0 Å². The average molecular weight is 719 g/mol. The van der Waals surface area contributed by atoms with Crippen molar-refractivity contribution in [2.75, 3.05) is 13.2 Å². The molecule has 0 aliphatic carbocycles. The summed E-state index contributed by atoms with van der Waals surface area (Å²) in [5.74, 6) is -1.75. The number of esters is 2. The van der Waals surface area contributed by atoms with Crippen molar-refractivity contribution in [2.45, 2.75) is 186 Å². The maximum Gasteiger partial charge on any atom is 0.340 e. The first kappa shape index (κ1) is 45.6. The number of hydrogen-bond acceptors (Lipinski definition) is 6. The molecule has 0 fully saturated rings. The van der Waals surface area contributed by atoms with Gasteiger partial charge in [0.2, 0.25) is 0 Å². The third-order valence-electron chi connectivity index (χ3n) is 9.03. The lowest BCUT2D eigenvalue weighted by Crippen LogP contribution is -2.19. The molecule has 0 aromatic heterocycles. The molecule has 0 aliphatic rings. The molecule has 0 saturated carbocycles. The van der Waals surface area contributed by atoms with Crippen LogP contribution in [-0.2, 0) is 19.6 Å². The van der Waals surface area contributed by atoms with Gasteiger partial charge in [0, 0.05) is 0 Å². The molecule has 8 heteroatoms. The summed E-state index contributed by atoms with van der Waals surface area (Å²) in [6.07, 6.45) is 39.1. The van der Waals surface area contributed by atoms with Crippen molar-refractivity contribution in [1.82, 2.24) is 0 Å². The number of benzene rings is 1. The minimum atomic E-state index is -4.76. The zero-order chi connectivity index (χ0) is 36.5. The summed E-state index contributed by atoms with van der Waals surface area (Å²) < 4.78 is 44.7. The maximum absolute atomic E-state index is 13.0. The first-order valence-electron chi connectivity index (χ1n) is 20.1. The van der Waals surface area contributed by atoms with Gasteiger partial charge in [0.05, 0.1) is 24.3 Å². The topological polar surface area (TPSA) is 107 Å². The van der Waals surface area contributed by atoms with Crippen LogP contribution in [0.25, 0.3) is 0 Å². The summed E-state index contributed by atoms with van der Waals surface area (Å²) in [6.45, 7) is 4.62. The Morgan fingerprint density at radius 2 is 0.900 bits per heavy atom. The first-order valence-corrected chi connectivity index (χ1v) is 21.5. The SMILES string of the molecule is CC/C=C/CCCCCCCCCCCCCOC(=O)c1cccc(S(=O)(=O)O)c1C(=O)OCCCCCCCCCCCCC/C=C/CC. The Bertz CT molecular complexity index is 1170. The van der Waals surface area contributed by atoms with Crippen molar-refractivity contribution in [1.29, 1.82) is 0 Å². The van der Waals surface area contributed by atoms with E-state index in [4.69, 9.17) is 9.47 Å². The fourth-order valence-electron chi connectivity index (χ4n) is 6.09. The number of unbranched alkanes of at least 4 members (excludes halogenated alkanes) is 22. The third-order valence-corrected chi connectivity index (χ3v) is 9.93. The molecule has 0 unspecified atom stereocenters. The molecule has 1 aromatic carbocycles. The molecule has 0 heterocycles. The van der Waals surface area contributed by atoms with Gasteiger partial charge in [0.15, 0.2) is 0 Å². The smallest absolute Gasteiger partial charge is 0.340 e. The van der Waals surface area contributed by atoms with Crippen LogP contribution < -0.4 is 0 Å². The second kappa shape index (κ2) is 31.3. The molecule has 0 amide bonds. The molecule has 1 rings (SSSR count). The van der Waals surface area contributed by atoms with Crippen LogP contribution in [0.5, 0.6) is 0 Å². The van der Waals surface area contributed by atoms with Crippen LogP contribution in [0.2, 0.25) is 0 Å². The zero-order valence-corrected chi connectivity index (χ0v) is 32.5. The van der Waals surface area contributed by atoms with Gasteiger partial charge < -0.3 is 9.47 Å². The monoisotopic (exact) mass is 718 g/mol. The number of allylic oxidation sites excluding steroid dienone is 4. The van der Waals surface area contributed by atoms with Gasteiger partial charge >= 0.3 is 11.9 Å². The van der Waals surface area contributed by atoms with E-state index in [-0.39, 0.29) is 18.8 Å². The summed E-state index contributed by atoms with van der Waals surface area (Å²) >= 11 is 0. The van der Waals surface area contributed by atoms with E-state index < -0.39 is 32.5 Å². The second-order valence-corrected chi connectivity index (χ2v) is 14.9. The van der Waals surface area contributed by atoms with Crippen molar-refractivity contribution in [3.63, 3.8) is 0 Å². The van der Waals surface area contributed by atoms with Crippen molar-refractivity contribution in [3.8, 4) is 0 Å². The largest absolute Gasteiger partial charge is 0.462 e. The predicted octanol–water partition coefficient (Wildman–Crippen LogP) is 12.5. The normalized spacial score (nSPS) is 11.9. The molecule has 7 nitrogen and oxygen atoms in total. The Morgan fingerprint density at radius 1 is 0.540 bits per heavy atom. The van der Waals surface area contributed by atoms with Crippen LogP contribution in [0, 0.1) is 0 Å². The molecular weight excluding hydrogens is 649 g/mol. The lowest BCUT2D eigenvalue weighted by Gasteiger charge is -2.13. The molecule has 0 saturated heterocycles. The van der Waals surface area contributed by atoms with Crippen molar-refractivity contribution in [3.05, 3.63) is 53.6 Å². The Labute approximate surface area is 305 Å². The van der Waals surface area contributed by atoms with E-state index in [2.05, 4.69) is 38.2 Å². The highest BCUT2D eigenvalue weighted by atomic mass is 32.2. The van der Waals surface area contributed by atoms with E-state index in [1.54, 1.807) is 0 Å². The van der Waals surface area contributed by atoms with E-state index >= 15 is 0 Å². The predicted molar refractivity (Wildman–Crippen MR) is 206 cm³/mol. The fraction of sp³-hybridized carbons (Fsp3) is 0.714. The quantitative estimate of drug-likeness (QED) is 0.0333. The zero-order valence-electron chi connectivity index (χ0n) is 31.6. The van der Waals surface area contributed by atoms with E-state index in [1.165, 1.54) is 115 Å². The number of rotatable bonds is 33. The van der Waals surface area contributed by atoms with Gasteiger partial charge in [-0.05, 0) is 63.5 Å². The summed E-state index contributed by atoms with van der Waals surface area (Å²) in [5, 5.41) is 0. The van der Waals surface area contributed by atoms with Crippen molar-refractivity contribution < 1.29 is 32.0 Å². The second-order valence-electron chi connectivity index (χ2n) is 13.5. The van der Waals surface area contributed by atoms with E-state index in [0.717, 1.165) is 57.4 Å². The molecule has 0 atom stereocenters. The number of carbonyl (C=O) groups is 2. The Hall–Kier alpha value is -2.45. The minimum absolute atomic E-state index is 0.109. The van der Waals surface area contributed by atoms with Crippen LogP contribution in [0.15, 0.2) is 47.4 Å². The standard InChI is InChI=1S/C42H70O7S/c1-3-5-7-9-11-13-15-17-19-21-23-25-27-29-31-36-48-41(43)38-34-33-35-39(50(45,46)47)40(38)42(44)49-37-32-30-28-26-24-22-20-18-16-14-12-10-8-6-4-2/h5-8,33-35H,3-4,9-32,36-37H2,1-2H3,(H,45,46,47)/b7-5+,8-6+. The molecule has 1 N–H and O–H groups in total. The third kappa shape index (κ3) is 23.9. The van der Waals surface area contributed by atoms with Gasteiger partial charge in [-0.3, -0.25) is 4.55 Å². The molecule has 1 aromatic rings. The van der Waals surface area contributed by atoms with Gasteiger partial charge in [-0.1, -0.05) is 160 Å². The summed E-state index contributed by atoms with van der Waals surface area (Å²) in [5.41, 5.74) is -0.679. The highest BCUT2D eigenvalue weighted by Gasteiger charge is 2.28. The van der Waals surface area contributed by atoms with Crippen LogP contribution in [-0.4, -0.2) is 38.1 Å². The lowest BCUT2D eigenvalue weighted by molar-refractivity contribution is 0.0446. The van der Waals surface area contributed by atoms with E-state index in [1.807, 2.05) is 0 Å². The molecule has 286 valence electrons. The van der Waals surface area contributed by atoms with Crippen molar-refractivity contribution in [2.24, 2.45) is 0 Å². The fourth-order valence-corrected chi connectivity index (χ4v) is 6.79. The highest BCUT2D eigenvalue weighted by Crippen LogP contribution is 2.23. The van der Waals surface area contributed by atoms with Gasteiger partial charge in [-0.2, -0.15) is 8.42 Å². The summed E-state index contributed by atoms with van der Waals surface area (Å²) in [7, 11) is -4.76. The summed E-state index contributed by atoms with van der Waals surface area (Å²) in [4.78, 5) is 25.3. The van der Waals surface area contributed by atoms with Crippen LogP contribution in [0.3, 0.4) is 0 Å². The van der Waals surface area contributed by atoms with Gasteiger partial charge in [0.25, 0.3) is 10.1 Å². The first-order chi connectivity index (χ1) is 24.3. The van der Waals surface area contributed by atoms with Gasteiger partial charge in [0.1, 0.15) is 4.90 Å². The molecule has 0 bridgehead atoms. The van der Waals surface area contributed by atoms with Gasteiger partial charge in [-0.25, -0.2) is 9.59 Å². The number of hydrogen-bond donors (Lipinski definition) is 1. The molecule has 50 heavy (non-hydrogen) atoms. The number of ether oxygens (including phenoxy) is 2. The Kier molecular flexibility index (Phi) is 28.5. The molecule has 0 radical (unpaired) electrons. The lowest BCUT2D eigenvalue weighted by atomic mass is 10.0. The van der Waals surface area contributed by atoms with Crippen molar-refractivity contribution >= 4 is 22.1 Å². The van der Waals surface area contributed by atoms with E-state index in [0.29, 0.717) is 12.8 Å². The van der Waals surface area contributed by atoms with Crippen LogP contribution >= 0.6 is 0 Å². The molecular formula is C42H70O7S. The maximum atomic E-state index is 13.0. The molecule has 0 aliphatic heterocycles. The molecule has 0 spiro atoms. The summed E-state index contributed by atoms with van der Waals surface area (Å²) in [6, 6.07) is 3.75.